The summed E-state index contributed by atoms with van der Waals surface area (Å²) in [6.45, 7) is 5.96. The Kier molecular flexibility index (Phi) is 4.55. The third-order valence-corrected chi connectivity index (χ3v) is 2.39. The SMILES string of the molecule is CC(C)C[C@@H](N)C(=O)N[C@@H](C)c1ccco1. The monoisotopic (exact) mass is 224 g/mol. The van der Waals surface area contributed by atoms with E-state index < -0.39 is 6.04 Å². The van der Waals surface area contributed by atoms with Crippen LogP contribution in [0.5, 0.6) is 0 Å². The van der Waals surface area contributed by atoms with Crippen LogP contribution in [0.4, 0.5) is 0 Å². The summed E-state index contributed by atoms with van der Waals surface area (Å²) in [5.74, 6) is 1.03. The van der Waals surface area contributed by atoms with Crippen LogP contribution in [-0.2, 0) is 4.79 Å². The second-order valence-electron chi connectivity index (χ2n) is 4.48. The molecule has 1 amide bonds. The average Bonchev–Trinajstić information content (AvgIpc) is 2.68. The van der Waals surface area contributed by atoms with E-state index in [1.165, 1.54) is 0 Å². The first-order valence-electron chi connectivity index (χ1n) is 5.60. The van der Waals surface area contributed by atoms with Crippen molar-refractivity contribution in [2.24, 2.45) is 11.7 Å². The van der Waals surface area contributed by atoms with E-state index in [1.54, 1.807) is 12.3 Å². The molecule has 1 rings (SSSR count). The van der Waals surface area contributed by atoms with Gasteiger partial charge in [0, 0.05) is 0 Å². The van der Waals surface area contributed by atoms with Crippen LogP contribution < -0.4 is 11.1 Å². The molecule has 1 heterocycles. The standard InChI is InChI=1S/C12H20N2O2/c1-8(2)7-10(13)12(15)14-9(3)11-5-4-6-16-11/h4-6,8-10H,7,13H2,1-3H3,(H,14,15)/t9-,10+/m0/s1. The van der Waals surface area contributed by atoms with Crippen LogP contribution in [0.3, 0.4) is 0 Å². The zero-order valence-corrected chi connectivity index (χ0v) is 10.1. The van der Waals surface area contributed by atoms with Crippen molar-refractivity contribution < 1.29 is 9.21 Å². The van der Waals surface area contributed by atoms with Crippen molar-refractivity contribution in [3.63, 3.8) is 0 Å². The largest absolute Gasteiger partial charge is 0.467 e. The van der Waals surface area contributed by atoms with E-state index >= 15 is 0 Å². The first-order chi connectivity index (χ1) is 7.50. The second-order valence-corrected chi connectivity index (χ2v) is 4.48. The molecule has 0 radical (unpaired) electrons. The van der Waals surface area contributed by atoms with Gasteiger partial charge >= 0.3 is 0 Å². The van der Waals surface area contributed by atoms with E-state index in [4.69, 9.17) is 10.2 Å². The third-order valence-electron chi connectivity index (χ3n) is 2.39. The molecule has 0 aliphatic carbocycles. The molecule has 0 aliphatic heterocycles. The highest BCUT2D eigenvalue weighted by Gasteiger charge is 2.18. The first kappa shape index (κ1) is 12.8. The van der Waals surface area contributed by atoms with Gasteiger partial charge < -0.3 is 15.5 Å². The van der Waals surface area contributed by atoms with E-state index in [1.807, 2.05) is 26.8 Å². The summed E-state index contributed by atoms with van der Waals surface area (Å²) in [4.78, 5) is 11.7. The minimum absolute atomic E-state index is 0.127. The fourth-order valence-electron chi connectivity index (χ4n) is 1.54. The fourth-order valence-corrected chi connectivity index (χ4v) is 1.54. The van der Waals surface area contributed by atoms with Gasteiger partial charge in [-0.3, -0.25) is 4.79 Å². The molecule has 0 aliphatic rings. The van der Waals surface area contributed by atoms with Crippen LogP contribution in [-0.4, -0.2) is 11.9 Å². The molecular formula is C12H20N2O2. The molecule has 0 unspecified atom stereocenters. The predicted molar refractivity (Wildman–Crippen MR) is 62.7 cm³/mol. The van der Waals surface area contributed by atoms with Gasteiger partial charge in [-0.1, -0.05) is 13.8 Å². The minimum Gasteiger partial charge on any atom is -0.467 e. The number of amides is 1. The summed E-state index contributed by atoms with van der Waals surface area (Å²) in [6.07, 6.45) is 2.28. The van der Waals surface area contributed by atoms with Crippen LogP contribution in [0.2, 0.25) is 0 Å². The maximum absolute atomic E-state index is 11.7. The van der Waals surface area contributed by atoms with Gasteiger partial charge in [0.1, 0.15) is 5.76 Å². The summed E-state index contributed by atoms with van der Waals surface area (Å²) < 4.78 is 5.20. The lowest BCUT2D eigenvalue weighted by molar-refractivity contribution is -0.123. The Morgan fingerprint density at radius 3 is 2.69 bits per heavy atom. The van der Waals surface area contributed by atoms with Crippen molar-refractivity contribution in [1.82, 2.24) is 5.32 Å². The molecule has 16 heavy (non-hydrogen) atoms. The van der Waals surface area contributed by atoms with Gasteiger partial charge in [0.2, 0.25) is 5.91 Å². The molecule has 0 saturated heterocycles. The molecule has 2 atom stereocenters. The lowest BCUT2D eigenvalue weighted by Gasteiger charge is -2.17. The van der Waals surface area contributed by atoms with E-state index in [-0.39, 0.29) is 11.9 Å². The molecule has 4 heteroatoms. The van der Waals surface area contributed by atoms with Crippen LogP contribution >= 0.6 is 0 Å². The van der Waals surface area contributed by atoms with Gasteiger partial charge in [-0.15, -0.1) is 0 Å². The summed E-state index contributed by atoms with van der Waals surface area (Å²) in [5.41, 5.74) is 5.78. The zero-order valence-electron chi connectivity index (χ0n) is 10.1. The summed E-state index contributed by atoms with van der Waals surface area (Å²) in [5, 5.41) is 2.83. The van der Waals surface area contributed by atoms with Gasteiger partial charge in [0.25, 0.3) is 0 Å². The van der Waals surface area contributed by atoms with Gasteiger partial charge in [0.15, 0.2) is 0 Å². The van der Waals surface area contributed by atoms with E-state index in [0.717, 1.165) is 5.76 Å². The summed E-state index contributed by atoms with van der Waals surface area (Å²) in [6, 6.07) is 3.04. The Bertz CT molecular complexity index is 320. The Morgan fingerprint density at radius 1 is 1.50 bits per heavy atom. The van der Waals surface area contributed by atoms with Gasteiger partial charge in [-0.25, -0.2) is 0 Å². The molecule has 0 fully saturated rings. The number of hydrogen-bond acceptors (Lipinski definition) is 3. The quantitative estimate of drug-likeness (QED) is 0.801. The van der Waals surface area contributed by atoms with Gasteiger partial charge in [-0.05, 0) is 31.4 Å². The second kappa shape index (κ2) is 5.70. The molecule has 0 bridgehead atoms. The van der Waals surface area contributed by atoms with Crippen LogP contribution in [0.25, 0.3) is 0 Å². The van der Waals surface area contributed by atoms with Crippen molar-refractivity contribution in [1.29, 1.82) is 0 Å². The molecule has 0 aromatic carbocycles. The lowest BCUT2D eigenvalue weighted by Crippen LogP contribution is -2.42. The number of rotatable bonds is 5. The Balaban J connectivity index is 2.45. The van der Waals surface area contributed by atoms with Crippen LogP contribution in [0, 0.1) is 5.92 Å². The van der Waals surface area contributed by atoms with Crippen LogP contribution in [0.15, 0.2) is 22.8 Å². The maximum Gasteiger partial charge on any atom is 0.237 e. The van der Waals surface area contributed by atoms with Crippen LogP contribution in [0.1, 0.15) is 39.0 Å². The topological polar surface area (TPSA) is 68.3 Å². The lowest BCUT2D eigenvalue weighted by atomic mass is 10.0. The molecule has 0 saturated carbocycles. The predicted octanol–water partition coefficient (Wildman–Crippen LogP) is 1.83. The molecule has 1 aromatic rings. The molecule has 0 spiro atoms. The van der Waals surface area contributed by atoms with Gasteiger partial charge in [-0.2, -0.15) is 0 Å². The fraction of sp³-hybridized carbons (Fsp3) is 0.583. The Hall–Kier alpha value is -1.29. The average molecular weight is 224 g/mol. The summed E-state index contributed by atoms with van der Waals surface area (Å²) in [7, 11) is 0. The van der Waals surface area contributed by atoms with E-state index in [9.17, 15) is 4.79 Å². The van der Waals surface area contributed by atoms with Crippen molar-refractivity contribution in [2.45, 2.75) is 39.3 Å². The number of nitrogens with two attached hydrogens (primary N) is 1. The van der Waals surface area contributed by atoms with Crippen molar-refractivity contribution >= 4 is 5.91 Å². The molecule has 3 N–H and O–H groups in total. The smallest absolute Gasteiger partial charge is 0.237 e. The highest BCUT2D eigenvalue weighted by molar-refractivity contribution is 5.81. The van der Waals surface area contributed by atoms with Crippen molar-refractivity contribution in [3.05, 3.63) is 24.2 Å². The number of carbonyl (C=O) groups excluding carboxylic acids is 1. The maximum atomic E-state index is 11.7. The van der Waals surface area contributed by atoms with E-state index in [0.29, 0.717) is 12.3 Å². The van der Waals surface area contributed by atoms with E-state index in [2.05, 4.69) is 5.32 Å². The third kappa shape index (κ3) is 3.70. The van der Waals surface area contributed by atoms with Gasteiger partial charge in [0.05, 0.1) is 18.3 Å². The number of carbonyl (C=O) groups is 1. The molecule has 4 nitrogen and oxygen atoms in total. The zero-order chi connectivity index (χ0) is 12.1. The normalized spacial score (nSPS) is 14.8. The Morgan fingerprint density at radius 2 is 2.19 bits per heavy atom. The molecule has 90 valence electrons. The summed E-state index contributed by atoms with van der Waals surface area (Å²) >= 11 is 0. The highest BCUT2D eigenvalue weighted by atomic mass is 16.3. The molecular weight excluding hydrogens is 204 g/mol. The first-order valence-corrected chi connectivity index (χ1v) is 5.60. The van der Waals surface area contributed by atoms with Crippen molar-refractivity contribution in [3.8, 4) is 0 Å². The molecule has 1 aromatic heterocycles. The number of furan rings is 1. The Labute approximate surface area is 96.2 Å². The van der Waals surface area contributed by atoms with Crippen molar-refractivity contribution in [2.75, 3.05) is 0 Å². The minimum atomic E-state index is -0.447. The highest BCUT2D eigenvalue weighted by Crippen LogP contribution is 2.12. The number of hydrogen-bond donors (Lipinski definition) is 2. The number of nitrogens with one attached hydrogen (secondary N) is 1.